The number of carbonyl (C=O) groups is 1. The van der Waals surface area contributed by atoms with Crippen molar-refractivity contribution in [2.24, 2.45) is 7.05 Å². The van der Waals surface area contributed by atoms with Crippen molar-refractivity contribution in [3.63, 3.8) is 0 Å². The highest BCUT2D eigenvalue weighted by molar-refractivity contribution is 7.99. The highest BCUT2D eigenvalue weighted by atomic mass is 32.2. The fraction of sp³-hybridized carbons (Fsp3) is 0.350. The number of pyridine rings is 1. The minimum absolute atomic E-state index is 0.145. The van der Waals surface area contributed by atoms with Crippen LogP contribution in [0.15, 0.2) is 29.7 Å². The number of hydrogen-bond acceptors (Lipinski definition) is 7. The number of thioether (sulfide) groups is 1. The van der Waals surface area contributed by atoms with Crippen LogP contribution < -0.4 is 5.32 Å². The molecule has 148 valence electrons. The molecule has 29 heavy (non-hydrogen) atoms. The third kappa shape index (κ3) is 4.18. The zero-order valence-electron chi connectivity index (χ0n) is 16.0. The quantitative estimate of drug-likeness (QED) is 0.494. The van der Waals surface area contributed by atoms with Crippen LogP contribution in [0.3, 0.4) is 0 Å². The fourth-order valence-electron chi connectivity index (χ4n) is 3.43. The van der Waals surface area contributed by atoms with Gasteiger partial charge in [0.15, 0.2) is 11.0 Å². The Bertz CT molecular complexity index is 1070. The Kier molecular flexibility index (Phi) is 5.92. The second-order valence-electron chi connectivity index (χ2n) is 6.82. The summed E-state index contributed by atoms with van der Waals surface area (Å²) in [6, 6.07) is 6.06. The zero-order chi connectivity index (χ0) is 20.2. The van der Waals surface area contributed by atoms with Crippen LogP contribution in [0.4, 0.5) is 5.00 Å². The minimum Gasteiger partial charge on any atom is -0.316 e. The molecule has 0 spiro atoms. The Balaban J connectivity index is 1.43. The van der Waals surface area contributed by atoms with Crippen LogP contribution in [-0.4, -0.2) is 31.4 Å². The lowest BCUT2D eigenvalue weighted by molar-refractivity contribution is -0.113. The van der Waals surface area contributed by atoms with Crippen molar-refractivity contribution in [1.82, 2.24) is 19.7 Å². The summed E-state index contributed by atoms with van der Waals surface area (Å²) < 4.78 is 1.85. The van der Waals surface area contributed by atoms with Gasteiger partial charge in [-0.05, 0) is 43.4 Å². The standard InChI is InChI=1S/C20H20N6OS2/c1-26-18(13-6-5-9-22-11-13)24-25-20(26)28-12-17(27)23-19-15(10-21)14-7-3-2-4-8-16(14)29-19/h5-6,9,11H,2-4,7-8,12H2,1H3,(H,23,27). The molecule has 0 radical (unpaired) electrons. The fourth-order valence-corrected chi connectivity index (χ4v) is 5.40. The van der Waals surface area contributed by atoms with Gasteiger partial charge in [-0.15, -0.1) is 21.5 Å². The van der Waals surface area contributed by atoms with Gasteiger partial charge in [-0.2, -0.15) is 5.26 Å². The Morgan fingerprint density at radius 3 is 3.00 bits per heavy atom. The predicted octanol–water partition coefficient (Wildman–Crippen LogP) is 3.81. The van der Waals surface area contributed by atoms with Crippen LogP contribution in [0.2, 0.25) is 0 Å². The van der Waals surface area contributed by atoms with Crippen LogP contribution in [0.5, 0.6) is 0 Å². The first kappa shape index (κ1) is 19.6. The number of amides is 1. The lowest BCUT2D eigenvalue weighted by Crippen LogP contribution is -2.14. The maximum Gasteiger partial charge on any atom is 0.235 e. The van der Waals surface area contributed by atoms with E-state index in [0.717, 1.165) is 36.8 Å². The zero-order valence-corrected chi connectivity index (χ0v) is 17.6. The molecule has 0 saturated heterocycles. The topological polar surface area (TPSA) is 96.5 Å². The highest BCUT2D eigenvalue weighted by Crippen LogP contribution is 2.37. The summed E-state index contributed by atoms with van der Waals surface area (Å²) in [5, 5.41) is 22.3. The van der Waals surface area contributed by atoms with Crippen molar-refractivity contribution in [3.8, 4) is 17.5 Å². The van der Waals surface area contributed by atoms with E-state index in [9.17, 15) is 10.1 Å². The lowest BCUT2D eigenvalue weighted by Gasteiger charge is -2.05. The van der Waals surface area contributed by atoms with E-state index in [4.69, 9.17) is 0 Å². The summed E-state index contributed by atoms with van der Waals surface area (Å²) in [4.78, 5) is 17.9. The maximum absolute atomic E-state index is 12.5. The Morgan fingerprint density at radius 1 is 1.34 bits per heavy atom. The van der Waals surface area contributed by atoms with E-state index >= 15 is 0 Å². The molecular weight excluding hydrogens is 404 g/mol. The van der Waals surface area contributed by atoms with E-state index in [1.54, 1.807) is 23.7 Å². The van der Waals surface area contributed by atoms with Gasteiger partial charge in [-0.25, -0.2) is 0 Å². The molecule has 0 aliphatic heterocycles. The second kappa shape index (κ2) is 8.76. The van der Waals surface area contributed by atoms with E-state index in [1.165, 1.54) is 23.1 Å². The number of hydrogen-bond donors (Lipinski definition) is 1. The third-order valence-corrected chi connectivity index (χ3v) is 7.10. The van der Waals surface area contributed by atoms with Crippen molar-refractivity contribution < 1.29 is 4.79 Å². The van der Waals surface area contributed by atoms with Gasteiger partial charge in [0.2, 0.25) is 5.91 Å². The Hall–Kier alpha value is -2.70. The molecule has 0 aromatic carbocycles. The van der Waals surface area contributed by atoms with Crippen LogP contribution >= 0.6 is 23.1 Å². The first-order chi connectivity index (χ1) is 14.2. The van der Waals surface area contributed by atoms with Gasteiger partial charge in [0, 0.05) is 29.9 Å². The molecule has 0 unspecified atom stereocenters. The van der Waals surface area contributed by atoms with Gasteiger partial charge in [0.1, 0.15) is 11.1 Å². The molecule has 9 heteroatoms. The first-order valence-electron chi connectivity index (χ1n) is 9.44. The molecule has 3 heterocycles. The largest absolute Gasteiger partial charge is 0.316 e. The van der Waals surface area contributed by atoms with Crippen LogP contribution in [-0.2, 0) is 24.7 Å². The van der Waals surface area contributed by atoms with Gasteiger partial charge in [0.25, 0.3) is 0 Å². The monoisotopic (exact) mass is 424 g/mol. The smallest absolute Gasteiger partial charge is 0.235 e. The number of rotatable bonds is 5. The van der Waals surface area contributed by atoms with Gasteiger partial charge >= 0.3 is 0 Å². The van der Waals surface area contributed by atoms with E-state index < -0.39 is 0 Å². The van der Waals surface area contributed by atoms with Crippen LogP contribution in [0, 0.1) is 11.3 Å². The van der Waals surface area contributed by atoms with Crippen molar-refractivity contribution >= 4 is 34.0 Å². The molecule has 3 aromatic heterocycles. The van der Waals surface area contributed by atoms with Crippen LogP contribution in [0.25, 0.3) is 11.4 Å². The van der Waals surface area contributed by atoms with Crippen LogP contribution in [0.1, 0.15) is 35.3 Å². The summed E-state index contributed by atoms with van der Waals surface area (Å²) in [6.07, 6.45) is 8.81. The second-order valence-corrected chi connectivity index (χ2v) is 8.87. The molecule has 1 N–H and O–H groups in total. The molecule has 0 bridgehead atoms. The molecule has 3 aromatic rings. The van der Waals surface area contributed by atoms with Gasteiger partial charge in [-0.3, -0.25) is 9.78 Å². The van der Waals surface area contributed by atoms with E-state index in [2.05, 4.69) is 26.6 Å². The van der Waals surface area contributed by atoms with Crippen molar-refractivity contribution in [2.75, 3.05) is 11.1 Å². The van der Waals surface area contributed by atoms with E-state index in [-0.39, 0.29) is 11.7 Å². The molecule has 4 rings (SSSR count). The molecule has 7 nitrogen and oxygen atoms in total. The summed E-state index contributed by atoms with van der Waals surface area (Å²) in [5.41, 5.74) is 2.65. The number of carbonyl (C=O) groups excluding carboxylic acids is 1. The van der Waals surface area contributed by atoms with E-state index in [1.807, 2.05) is 23.7 Å². The Morgan fingerprint density at radius 2 is 2.21 bits per heavy atom. The number of nitrogens with one attached hydrogen (secondary N) is 1. The average Bonchev–Trinajstić information content (AvgIpc) is 3.17. The number of aromatic nitrogens is 4. The maximum atomic E-state index is 12.5. The highest BCUT2D eigenvalue weighted by Gasteiger charge is 2.21. The number of fused-ring (bicyclic) bond motifs is 1. The van der Waals surface area contributed by atoms with Crippen molar-refractivity contribution in [1.29, 1.82) is 5.26 Å². The number of nitrogens with zero attached hydrogens (tertiary/aromatic N) is 5. The summed E-state index contributed by atoms with van der Waals surface area (Å²) >= 11 is 2.87. The minimum atomic E-state index is -0.145. The first-order valence-corrected chi connectivity index (χ1v) is 11.2. The lowest BCUT2D eigenvalue weighted by atomic mass is 10.1. The molecule has 0 saturated carbocycles. The van der Waals surface area contributed by atoms with Gasteiger partial charge in [-0.1, -0.05) is 18.2 Å². The average molecular weight is 425 g/mol. The van der Waals surface area contributed by atoms with Crippen molar-refractivity contribution in [2.45, 2.75) is 37.3 Å². The Labute approximate surface area is 177 Å². The third-order valence-electron chi connectivity index (χ3n) is 4.87. The summed E-state index contributed by atoms with van der Waals surface area (Å²) in [6.45, 7) is 0. The van der Waals surface area contributed by atoms with Gasteiger partial charge < -0.3 is 9.88 Å². The molecular formula is C20H20N6OS2. The summed E-state index contributed by atoms with van der Waals surface area (Å²) in [7, 11) is 1.87. The van der Waals surface area contributed by atoms with E-state index in [0.29, 0.717) is 21.5 Å². The molecule has 0 fully saturated rings. The normalized spacial score (nSPS) is 13.4. The molecule has 0 atom stereocenters. The molecule has 1 aliphatic carbocycles. The number of anilines is 1. The SMILES string of the molecule is Cn1c(SCC(=O)Nc2sc3c(c2C#N)CCCCC3)nnc1-c1cccnc1. The summed E-state index contributed by atoms with van der Waals surface area (Å²) in [5.74, 6) is 0.760. The number of aryl methyl sites for hydroxylation is 1. The predicted molar refractivity (Wildman–Crippen MR) is 114 cm³/mol. The number of thiophene rings is 1. The van der Waals surface area contributed by atoms with Crippen molar-refractivity contribution in [3.05, 3.63) is 40.5 Å². The molecule has 1 amide bonds. The molecule has 1 aliphatic rings. The van der Waals surface area contributed by atoms with Gasteiger partial charge in [0.05, 0.1) is 11.3 Å². The number of nitriles is 1.